The molecular formula is C26H21NS. The smallest absolute Gasteiger partial charge is 0.0601 e. The quantitative estimate of drug-likeness (QED) is 0.313. The van der Waals surface area contributed by atoms with E-state index in [-0.39, 0.29) is 0 Å². The summed E-state index contributed by atoms with van der Waals surface area (Å²) >= 11 is 1.84. The summed E-state index contributed by atoms with van der Waals surface area (Å²) < 4.78 is 2.41. The first-order chi connectivity index (χ1) is 13.7. The van der Waals surface area contributed by atoms with Crippen molar-refractivity contribution in [2.24, 2.45) is 0 Å². The fraction of sp³-hybridized carbons (Fsp3) is 0.0769. The van der Waals surface area contributed by atoms with Gasteiger partial charge in [-0.25, -0.2) is 0 Å². The van der Waals surface area contributed by atoms with Crippen LogP contribution in [0.25, 0.3) is 27.5 Å². The molecule has 0 N–H and O–H groups in total. The van der Waals surface area contributed by atoms with Crippen molar-refractivity contribution < 1.29 is 0 Å². The summed E-state index contributed by atoms with van der Waals surface area (Å²) in [5, 5.41) is 2.60. The number of benzene rings is 4. The third-order valence-corrected chi connectivity index (χ3v) is 6.49. The van der Waals surface area contributed by atoms with E-state index < -0.39 is 0 Å². The Kier molecular flexibility index (Phi) is 4.22. The lowest BCUT2D eigenvalue weighted by molar-refractivity contribution is 1.12. The summed E-state index contributed by atoms with van der Waals surface area (Å²) in [5.74, 6) is 0. The molecular weight excluding hydrogens is 358 g/mol. The van der Waals surface area contributed by atoms with E-state index in [0.717, 1.165) is 0 Å². The highest BCUT2D eigenvalue weighted by molar-refractivity contribution is 7.99. The van der Waals surface area contributed by atoms with E-state index >= 15 is 0 Å². The van der Waals surface area contributed by atoms with Gasteiger partial charge in [-0.1, -0.05) is 72.4 Å². The highest BCUT2D eigenvalue weighted by Crippen LogP contribution is 2.38. The Labute approximate surface area is 169 Å². The maximum Gasteiger partial charge on any atom is 0.0601 e. The molecule has 5 rings (SSSR count). The molecule has 5 aromatic rings. The molecule has 0 spiro atoms. The van der Waals surface area contributed by atoms with Gasteiger partial charge >= 0.3 is 0 Å². The van der Waals surface area contributed by atoms with Crippen molar-refractivity contribution in [2.45, 2.75) is 23.6 Å². The Morgan fingerprint density at radius 3 is 2.14 bits per heavy atom. The second-order valence-electron chi connectivity index (χ2n) is 7.21. The van der Waals surface area contributed by atoms with Gasteiger partial charge in [0.1, 0.15) is 0 Å². The van der Waals surface area contributed by atoms with Crippen LogP contribution in [-0.4, -0.2) is 4.57 Å². The zero-order valence-corrected chi connectivity index (χ0v) is 16.8. The van der Waals surface area contributed by atoms with Gasteiger partial charge < -0.3 is 4.57 Å². The molecule has 0 aliphatic rings. The Bertz CT molecular complexity index is 1310. The van der Waals surface area contributed by atoms with Crippen molar-refractivity contribution in [3.63, 3.8) is 0 Å². The highest BCUT2D eigenvalue weighted by Gasteiger charge is 2.15. The van der Waals surface area contributed by atoms with Crippen LogP contribution in [0.15, 0.2) is 101 Å². The van der Waals surface area contributed by atoms with Gasteiger partial charge in [0.05, 0.1) is 16.7 Å². The van der Waals surface area contributed by atoms with E-state index in [1.807, 2.05) is 11.8 Å². The maximum atomic E-state index is 2.41. The van der Waals surface area contributed by atoms with Crippen LogP contribution in [0.1, 0.15) is 11.1 Å². The average Bonchev–Trinajstić information content (AvgIpc) is 3.03. The second-order valence-corrected chi connectivity index (χ2v) is 8.29. The first-order valence-electron chi connectivity index (χ1n) is 9.55. The third kappa shape index (κ3) is 2.81. The summed E-state index contributed by atoms with van der Waals surface area (Å²) in [6, 6.07) is 32.7. The predicted molar refractivity (Wildman–Crippen MR) is 121 cm³/mol. The standard InChI is InChI=1S/C26H21NS/c1-18-15-16-21-20-10-4-5-11-22(20)27(24(21)17-18)23-12-6-8-14-26(23)28-25-13-7-3-9-19(25)2/h3-17H,1-2H3. The second kappa shape index (κ2) is 6.88. The van der Waals surface area contributed by atoms with Crippen LogP contribution in [0.5, 0.6) is 0 Å². The van der Waals surface area contributed by atoms with Gasteiger partial charge in [0.15, 0.2) is 0 Å². The minimum atomic E-state index is 1.23. The van der Waals surface area contributed by atoms with Crippen LogP contribution >= 0.6 is 11.8 Å². The molecule has 0 bridgehead atoms. The number of hydrogen-bond acceptors (Lipinski definition) is 1. The largest absolute Gasteiger partial charge is 0.308 e. The molecule has 0 fully saturated rings. The molecule has 4 aromatic carbocycles. The summed E-state index contributed by atoms with van der Waals surface area (Å²) in [4.78, 5) is 2.56. The monoisotopic (exact) mass is 379 g/mol. The molecule has 28 heavy (non-hydrogen) atoms. The van der Waals surface area contributed by atoms with E-state index in [0.29, 0.717) is 0 Å². The van der Waals surface area contributed by atoms with Crippen molar-refractivity contribution in [3.05, 3.63) is 102 Å². The highest BCUT2D eigenvalue weighted by atomic mass is 32.2. The van der Waals surface area contributed by atoms with Gasteiger partial charge in [0.25, 0.3) is 0 Å². The SMILES string of the molecule is Cc1ccc2c3ccccc3n(-c3ccccc3Sc3ccccc3C)c2c1. The lowest BCUT2D eigenvalue weighted by Crippen LogP contribution is -1.96. The molecule has 0 atom stereocenters. The Morgan fingerprint density at radius 1 is 0.607 bits per heavy atom. The predicted octanol–water partition coefficient (Wildman–Crippen LogP) is 7.55. The molecule has 136 valence electrons. The lowest BCUT2D eigenvalue weighted by Gasteiger charge is -2.14. The van der Waals surface area contributed by atoms with Crippen molar-refractivity contribution in [1.29, 1.82) is 0 Å². The lowest BCUT2D eigenvalue weighted by atomic mass is 10.1. The third-order valence-electron chi connectivity index (χ3n) is 5.25. The Hall–Kier alpha value is -2.97. The minimum absolute atomic E-state index is 1.23. The van der Waals surface area contributed by atoms with Gasteiger partial charge in [0.2, 0.25) is 0 Å². The Balaban J connectivity index is 1.79. The fourth-order valence-corrected chi connectivity index (χ4v) is 4.88. The van der Waals surface area contributed by atoms with Gasteiger partial charge in [-0.3, -0.25) is 0 Å². The minimum Gasteiger partial charge on any atom is -0.308 e. The molecule has 0 radical (unpaired) electrons. The van der Waals surface area contributed by atoms with Gasteiger partial charge in [-0.2, -0.15) is 0 Å². The van der Waals surface area contributed by atoms with Gasteiger partial charge in [-0.05, 0) is 55.3 Å². The molecule has 0 saturated heterocycles. The van der Waals surface area contributed by atoms with Crippen LogP contribution in [0.2, 0.25) is 0 Å². The first-order valence-corrected chi connectivity index (χ1v) is 10.4. The van der Waals surface area contributed by atoms with Gasteiger partial charge in [-0.15, -0.1) is 0 Å². The number of fused-ring (bicyclic) bond motifs is 3. The molecule has 0 amide bonds. The fourth-order valence-electron chi connectivity index (χ4n) is 3.86. The number of hydrogen-bond donors (Lipinski definition) is 0. The van der Waals surface area contributed by atoms with E-state index in [1.54, 1.807) is 0 Å². The molecule has 1 nitrogen and oxygen atoms in total. The van der Waals surface area contributed by atoms with Crippen LogP contribution in [0, 0.1) is 13.8 Å². The number of nitrogens with zero attached hydrogens (tertiary/aromatic N) is 1. The molecule has 0 unspecified atom stereocenters. The van der Waals surface area contributed by atoms with Crippen LogP contribution in [-0.2, 0) is 0 Å². The van der Waals surface area contributed by atoms with Crippen LogP contribution < -0.4 is 0 Å². The van der Waals surface area contributed by atoms with Crippen molar-refractivity contribution in [1.82, 2.24) is 4.57 Å². The molecule has 1 heterocycles. The number of rotatable bonds is 3. The van der Waals surface area contributed by atoms with E-state index in [9.17, 15) is 0 Å². The maximum absolute atomic E-state index is 2.41. The molecule has 1 aromatic heterocycles. The van der Waals surface area contributed by atoms with Crippen LogP contribution in [0.3, 0.4) is 0 Å². The zero-order chi connectivity index (χ0) is 19.1. The molecule has 0 saturated carbocycles. The van der Waals surface area contributed by atoms with E-state index in [2.05, 4.69) is 109 Å². The van der Waals surface area contributed by atoms with E-state index in [1.165, 1.54) is 48.4 Å². The van der Waals surface area contributed by atoms with Crippen molar-refractivity contribution >= 4 is 33.6 Å². The summed E-state index contributed by atoms with van der Waals surface area (Å²) in [6.45, 7) is 4.34. The molecule has 0 aliphatic carbocycles. The topological polar surface area (TPSA) is 4.93 Å². The van der Waals surface area contributed by atoms with Gasteiger partial charge in [0, 0.05) is 20.6 Å². The summed E-state index contributed by atoms with van der Waals surface area (Å²) in [7, 11) is 0. The van der Waals surface area contributed by atoms with Crippen molar-refractivity contribution in [3.8, 4) is 5.69 Å². The number of para-hydroxylation sites is 2. The van der Waals surface area contributed by atoms with E-state index in [4.69, 9.17) is 0 Å². The molecule has 2 heteroatoms. The molecule has 0 aliphatic heterocycles. The summed E-state index contributed by atoms with van der Waals surface area (Å²) in [5.41, 5.74) is 6.33. The number of aromatic nitrogens is 1. The first kappa shape index (κ1) is 17.2. The zero-order valence-electron chi connectivity index (χ0n) is 16.0. The normalized spacial score (nSPS) is 11.4. The number of aryl methyl sites for hydroxylation is 2. The van der Waals surface area contributed by atoms with Crippen LogP contribution in [0.4, 0.5) is 0 Å². The summed E-state index contributed by atoms with van der Waals surface area (Å²) in [6.07, 6.45) is 0. The average molecular weight is 380 g/mol. The van der Waals surface area contributed by atoms with Crippen molar-refractivity contribution in [2.75, 3.05) is 0 Å². The Morgan fingerprint density at radius 2 is 1.29 bits per heavy atom.